The second-order valence-electron chi connectivity index (χ2n) is 7.64. The molecule has 0 aliphatic carbocycles. The highest BCUT2D eigenvalue weighted by molar-refractivity contribution is 5.92. The third-order valence-corrected chi connectivity index (χ3v) is 5.64. The van der Waals surface area contributed by atoms with Crippen LogP contribution in [0, 0.1) is 0 Å². The van der Waals surface area contributed by atoms with E-state index in [9.17, 15) is 4.79 Å². The minimum Gasteiger partial charge on any atom is -0.493 e. The SMILES string of the molecule is COc1cc2c(cc1OC)-c1cc3ccc(OCC(=O)N(C)C)c(OC)c3c[n+]1CC2. The number of hydrogen-bond donors (Lipinski definition) is 0. The van der Waals surface area contributed by atoms with Gasteiger partial charge >= 0.3 is 0 Å². The van der Waals surface area contributed by atoms with Crippen molar-refractivity contribution in [1.29, 1.82) is 0 Å². The molecule has 4 rings (SSSR count). The van der Waals surface area contributed by atoms with Crippen LogP contribution in [-0.2, 0) is 17.8 Å². The second-order valence-corrected chi connectivity index (χ2v) is 7.64. The Labute approximate surface area is 181 Å². The van der Waals surface area contributed by atoms with E-state index >= 15 is 0 Å². The smallest absolute Gasteiger partial charge is 0.259 e. The number of amides is 1. The largest absolute Gasteiger partial charge is 0.493 e. The minimum atomic E-state index is -0.108. The number of ether oxygens (including phenoxy) is 4. The quantitative estimate of drug-likeness (QED) is 0.571. The number of carbonyl (C=O) groups excluding carboxylic acids is 1. The highest BCUT2D eigenvalue weighted by Gasteiger charge is 2.27. The average molecular weight is 423 g/mol. The molecule has 1 aliphatic rings. The summed E-state index contributed by atoms with van der Waals surface area (Å²) in [6.45, 7) is 0.795. The third kappa shape index (κ3) is 3.71. The van der Waals surface area contributed by atoms with Gasteiger partial charge in [0.1, 0.15) is 0 Å². The monoisotopic (exact) mass is 423 g/mol. The van der Waals surface area contributed by atoms with Gasteiger partial charge in [-0.1, -0.05) is 0 Å². The lowest BCUT2D eigenvalue weighted by Gasteiger charge is -2.19. The zero-order valence-corrected chi connectivity index (χ0v) is 18.5. The predicted molar refractivity (Wildman–Crippen MR) is 117 cm³/mol. The van der Waals surface area contributed by atoms with E-state index in [0.29, 0.717) is 17.2 Å². The van der Waals surface area contributed by atoms with Crippen molar-refractivity contribution in [3.8, 4) is 34.3 Å². The molecule has 0 spiro atoms. The lowest BCUT2D eigenvalue weighted by molar-refractivity contribution is -0.686. The highest BCUT2D eigenvalue weighted by Crippen LogP contribution is 2.40. The van der Waals surface area contributed by atoms with Gasteiger partial charge in [0.25, 0.3) is 5.91 Å². The fraction of sp³-hybridized carbons (Fsp3) is 0.333. The first kappa shape index (κ1) is 20.8. The molecule has 0 saturated carbocycles. The van der Waals surface area contributed by atoms with E-state index in [1.165, 1.54) is 10.5 Å². The Hall–Kier alpha value is -3.48. The standard InChI is InChI=1S/C24H27N2O5/c1-25(2)23(27)14-31-20-7-6-15-10-19-17-12-22(29-4)21(28-3)11-16(17)8-9-26(19)13-18(15)24(20)30-5/h6-7,10-13H,8-9,14H2,1-5H3/q+1. The summed E-state index contributed by atoms with van der Waals surface area (Å²) >= 11 is 0. The number of benzene rings is 2. The molecular weight excluding hydrogens is 396 g/mol. The molecule has 0 radical (unpaired) electrons. The Morgan fingerprint density at radius 2 is 1.74 bits per heavy atom. The Morgan fingerprint density at radius 3 is 2.42 bits per heavy atom. The van der Waals surface area contributed by atoms with Crippen LogP contribution >= 0.6 is 0 Å². The number of methoxy groups -OCH3 is 3. The number of pyridine rings is 1. The van der Waals surface area contributed by atoms with Crippen molar-refractivity contribution in [2.24, 2.45) is 0 Å². The van der Waals surface area contributed by atoms with E-state index in [0.717, 1.165) is 40.7 Å². The van der Waals surface area contributed by atoms with Crippen LogP contribution in [-0.4, -0.2) is 52.8 Å². The summed E-state index contributed by atoms with van der Waals surface area (Å²) in [6.07, 6.45) is 2.97. The fourth-order valence-corrected chi connectivity index (χ4v) is 3.93. The molecular formula is C24H27N2O5+. The number of hydrogen-bond acceptors (Lipinski definition) is 5. The van der Waals surface area contributed by atoms with E-state index in [4.69, 9.17) is 18.9 Å². The van der Waals surface area contributed by atoms with E-state index in [1.54, 1.807) is 35.4 Å². The van der Waals surface area contributed by atoms with Crippen LogP contribution in [0.1, 0.15) is 5.56 Å². The molecule has 2 aromatic carbocycles. The van der Waals surface area contributed by atoms with Gasteiger partial charge < -0.3 is 23.8 Å². The molecule has 1 aliphatic heterocycles. The molecule has 7 heteroatoms. The van der Waals surface area contributed by atoms with Gasteiger partial charge in [-0.05, 0) is 35.2 Å². The molecule has 1 aromatic heterocycles. The summed E-state index contributed by atoms with van der Waals surface area (Å²) < 4.78 is 24.6. The summed E-state index contributed by atoms with van der Waals surface area (Å²) in [5, 5.41) is 1.96. The zero-order valence-electron chi connectivity index (χ0n) is 18.5. The topological polar surface area (TPSA) is 61.1 Å². The Balaban J connectivity index is 1.79. The number of likely N-dealkylation sites (N-methyl/N-ethyl adjacent to an activating group) is 1. The van der Waals surface area contributed by atoms with E-state index in [-0.39, 0.29) is 12.5 Å². The van der Waals surface area contributed by atoms with Crippen LogP contribution in [0.5, 0.6) is 23.0 Å². The van der Waals surface area contributed by atoms with Gasteiger partial charge in [0.15, 0.2) is 42.3 Å². The summed E-state index contributed by atoms with van der Waals surface area (Å²) in [7, 11) is 8.32. The molecule has 1 amide bonds. The first-order valence-corrected chi connectivity index (χ1v) is 10.1. The van der Waals surface area contributed by atoms with Crippen molar-refractivity contribution >= 4 is 16.7 Å². The van der Waals surface area contributed by atoms with Gasteiger partial charge in [0, 0.05) is 26.6 Å². The normalized spacial score (nSPS) is 12.0. The number of aromatic nitrogens is 1. The molecule has 0 atom stereocenters. The van der Waals surface area contributed by atoms with Gasteiger partial charge in [0.05, 0.1) is 32.3 Å². The van der Waals surface area contributed by atoms with Gasteiger partial charge in [0.2, 0.25) is 5.69 Å². The maximum Gasteiger partial charge on any atom is 0.259 e. The first-order chi connectivity index (χ1) is 15.0. The number of aryl methyl sites for hydroxylation is 2. The highest BCUT2D eigenvalue weighted by atomic mass is 16.5. The summed E-state index contributed by atoms with van der Waals surface area (Å²) in [6, 6.07) is 10.1. The summed E-state index contributed by atoms with van der Waals surface area (Å²) in [5.41, 5.74) is 3.46. The average Bonchev–Trinajstić information content (AvgIpc) is 2.79. The van der Waals surface area contributed by atoms with Crippen molar-refractivity contribution in [3.05, 3.63) is 42.1 Å². The molecule has 162 valence electrons. The van der Waals surface area contributed by atoms with Gasteiger partial charge in [-0.15, -0.1) is 0 Å². The summed E-state index contributed by atoms with van der Waals surface area (Å²) in [5.74, 6) is 2.52. The van der Waals surface area contributed by atoms with E-state index in [2.05, 4.69) is 22.9 Å². The molecule has 0 N–H and O–H groups in total. The zero-order chi connectivity index (χ0) is 22.1. The van der Waals surface area contributed by atoms with Crippen LogP contribution in [0.3, 0.4) is 0 Å². The van der Waals surface area contributed by atoms with Gasteiger partial charge in [-0.3, -0.25) is 4.79 Å². The van der Waals surface area contributed by atoms with Crippen LogP contribution in [0.25, 0.3) is 22.0 Å². The van der Waals surface area contributed by atoms with Crippen LogP contribution in [0.4, 0.5) is 0 Å². The number of nitrogens with zero attached hydrogens (tertiary/aromatic N) is 2. The van der Waals surface area contributed by atoms with Crippen molar-refractivity contribution in [3.63, 3.8) is 0 Å². The summed E-state index contributed by atoms with van der Waals surface area (Å²) in [4.78, 5) is 13.4. The number of rotatable bonds is 6. The molecule has 7 nitrogen and oxygen atoms in total. The molecule has 31 heavy (non-hydrogen) atoms. The predicted octanol–water partition coefficient (Wildman–Crippen LogP) is 2.84. The molecule has 0 saturated heterocycles. The van der Waals surface area contributed by atoms with E-state index in [1.807, 2.05) is 18.2 Å². The van der Waals surface area contributed by atoms with Crippen molar-refractivity contribution in [2.75, 3.05) is 42.0 Å². The first-order valence-electron chi connectivity index (χ1n) is 10.1. The maximum absolute atomic E-state index is 11.9. The lowest BCUT2D eigenvalue weighted by atomic mass is 9.95. The second kappa shape index (κ2) is 8.34. The molecule has 2 heterocycles. The van der Waals surface area contributed by atoms with Crippen LogP contribution in [0.15, 0.2) is 36.5 Å². The maximum atomic E-state index is 11.9. The van der Waals surface area contributed by atoms with Gasteiger partial charge in [-0.2, -0.15) is 4.57 Å². The van der Waals surface area contributed by atoms with Gasteiger partial charge in [-0.25, -0.2) is 0 Å². The van der Waals surface area contributed by atoms with Crippen molar-refractivity contribution < 1.29 is 28.3 Å². The lowest BCUT2D eigenvalue weighted by Crippen LogP contribution is -2.40. The Kier molecular flexibility index (Phi) is 5.59. The van der Waals surface area contributed by atoms with Crippen LogP contribution in [0.2, 0.25) is 0 Å². The van der Waals surface area contributed by atoms with Crippen LogP contribution < -0.4 is 23.5 Å². The Bertz CT molecular complexity index is 1160. The minimum absolute atomic E-state index is 0.0397. The number of carbonyl (C=O) groups is 1. The molecule has 3 aromatic rings. The van der Waals surface area contributed by atoms with E-state index < -0.39 is 0 Å². The molecule has 0 bridgehead atoms. The molecule has 0 fully saturated rings. The van der Waals surface area contributed by atoms with Crippen molar-refractivity contribution in [2.45, 2.75) is 13.0 Å². The molecule has 0 unspecified atom stereocenters. The fourth-order valence-electron chi connectivity index (χ4n) is 3.93. The van der Waals surface area contributed by atoms with Crippen molar-refractivity contribution in [1.82, 2.24) is 4.90 Å². The third-order valence-electron chi connectivity index (χ3n) is 5.64. The Morgan fingerprint density at radius 1 is 1.00 bits per heavy atom. The number of fused-ring (bicyclic) bond motifs is 4.